The molecule has 1 aliphatic heterocycles. The van der Waals surface area contributed by atoms with E-state index in [1.54, 1.807) is 17.9 Å². The van der Waals surface area contributed by atoms with Crippen LogP contribution in [0, 0.1) is 6.92 Å². The predicted molar refractivity (Wildman–Crippen MR) is 89.2 cm³/mol. The van der Waals surface area contributed by atoms with Gasteiger partial charge in [0.25, 0.3) is 5.91 Å². The topological polar surface area (TPSA) is 46.6 Å². The Balaban J connectivity index is 1.69. The van der Waals surface area contributed by atoms with Gasteiger partial charge in [-0.05, 0) is 61.7 Å². The molecule has 4 nitrogen and oxygen atoms in total. The Morgan fingerprint density at radius 1 is 1.17 bits per heavy atom. The number of nitrogens with zero attached hydrogens (tertiary/aromatic N) is 1. The van der Waals surface area contributed by atoms with Gasteiger partial charge in [0, 0.05) is 17.8 Å². The van der Waals surface area contributed by atoms with Crippen LogP contribution in [-0.2, 0) is 11.2 Å². The molecule has 2 aromatic carbocycles. The molecule has 1 heterocycles. The summed E-state index contributed by atoms with van der Waals surface area (Å²) < 4.78 is 5.59. The number of hydrogen-bond acceptors (Lipinski definition) is 3. The smallest absolute Gasteiger partial charge is 0.264 e. The fourth-order valence-corrected chi connectivity index (χ4v) is 2.81. The SMILES string of the molecule is CC(=O)c1ccc2c(c1)CCN2C(=O)COc1cccc(C)c1. The van der Waals surface area contributed by atoms with E-state index in [2.05, 4.69) is 0 Å². The number of ketones is 1. The van der Waals surface area contributed by atoms with Crippen molar-refractivity contribution in [3.8, 4) is 5.75 Å². The Morgan fingerprint density at radius 3 is 2.74 bits per heavy atom. The second-order valence-electron chi connectivity index (χ2n) is 5.80. The molecular weight excluding hydrogens is 290 g/mol. The van der Waals surface area contributed by atoms with Crippen molar-refractivity contribution < 1.29 is 14.3 Å². The first-order valence-corrected chi connectivity index (χ1v) is 7.68. The molecule has 0 fully saturated rings. The minimum Gasteiger partial charge on any atom is -0.484 e. The van der Waals surface area contributed by atoms with Crippen molar-refractivity contribution in [3.63, 3.8) is 0 Å². The summed E-state index contributed by atoms with van der Waals surface area (Å²) in [5.74, 6) is 0.672. The first-order chi connectivity index (χ1) is 11.0. The minimum absolute atomic E-state index is 0.0113. The molecule has 4 heteroatoms. The third-order valence-electron chi connectivity index (χ3n) is 4.03. The Labute approximate surface area is 135 Å². The number of ether oxygens (including phenoxy) is 1. The number of carbonyl (C=O) groups is 2. The van der Waals surface area contributed by atoms with Crippen LogP contribution in [0.15, 0.2) is 42.5 Å². The van der Waals surface area contributed by atoms with Crippen molar-refractivity contribution in [1.29, 1.82) is 0 Å². The Hall–Kier alpha value is -2.62. The largest absolute Gasteiger partial charge is 0.484 e. The molecule has 0 aromatic heterocycles. The molecule has 0 saturated heterocycles. The van der Waals surface area contributed by atoms with E-state index in [0.717, 1.165) is 23.2 Å². The molecule has 0 aliphatic carbocycles. The van der Waals surface area contributed by atoms with Crippen molar-refractivity contribution in [2.24, 2.45) is 0 Å². The first kappa shape index (κ1) is 15.3. The van der Waals surface area contributed by atoms with Crippen LogP contribution in [0.4, 0.5) is 5.69 Å². The molecule has 23 heavy (non-hydrogen) atoms. The molecule has 0 spiro atoms. The zero-order valence-electron chi connectivity index (χ0n) is 13.3. The third-order valence-corrected chi connectivity index (χ3v) is 4.03. The summed E-state index contributed by atoms with van der Waals surface area (Å²) in [6, 6.07) is 13.1. The molecule has 118 valence electrons. The van der Waals surface area contributed by atoms with Crippen molar-refractivity contribution in [2.75, 3.05) is 18.1 Å². The van der Waals surface area contributed by atoms with Crippen molar-refractivity contribution in [1.82, 2.24) is 0 Å². The molecule has 3 rings (SSSR count). The van der Waals surface area contributed by atoms with Gasteiger partial charge in [-0.15, -0.1) is 0 Å². The van der Waals surface area contributed by atoms with E-state index in [1.807, 2.05) is 43.3 Å². The Morgan fingerprint density at radius 2 is 2.00 bits per heavy atom. The first-order valence-electron chi connectivity index (χ1n) is 7.68. The highest BCUT2D eigenvalue weighted by atomic mass is 16.5. The number of Topliss-reactive ketones (excluding diaryl/α,β-unsaturated/α-hetero) is 1. The predicted octanol–water partition coefficient (Wildman–Crippen LogP) is 3.17. The standard InChI is InChI=1S/C19H19NO3/c1-13-4-3-5-17(10-13)23-12-19(22)20-9-8-16-11-15(14(2)21)6-7-18(16)20/h3-7,10-11H,8-9,12H2,1-2H3. The van der Waals surface area contributed by atoms with Gasteiger partial charge in [-0.1, -0.05) is 12.1 Å². The fourth-order valence-electron chi connectivity index (χ4n) is 2.81. The van der Waals surface area contributed by atoms with Gasteiger partial charge in [0.1, 0.15) is 5.75 Å². The van der Waals surface area contributed by atoms with Crippen LogP contribution in [0.5, 0.6) is 5.75 Å². The maximum Gasteiger partial charge on any atom is 0.264 e. The molecule has 0 saturated carbocycles. The number of anilines is 1. The normalized spacial score (nSPS) is 12.9. The van der Waals surface area contributed by atoms with E-state index in [9.17, 15) is 9.59 Å². The fraction of sp³-hybridized carbons (Fsp3) is 0.263. The molecule has 0 N–H and O–H groups in total. The second-order valence-corrected chi connectivity index (χ2v) is 5.80. The van der Waals surface area contributed by atoms with Crippen molar-refractivity contribution in [3.05, 3.63) is 59.2 Å². The molecular formula is C19H19NO3. The van der Waals surface area contributed by atoms with Crippen LogP contribution in [0.2, 0.25) is 0 Å². The maximum atomic E-state index is 12.4. The number of benzene rings is 2. The van der Waals surface area contributed by atoms with Crippen LogP contribution in [-0.4, -0.2) is 24.8 Å². The maximum absolute atomic E-state index is 12.4. The number of rotatable bonds is 4. The summed E-state index contributed by atoms with van der Waals surface area (Å²) in [5, 5.41) is 0. The molecule has 0 atom stereocenters. The average Bonchev–Trinajstić information content (AvgIpc) is 2.95. The Bertz CT molecular complexity index is 767. The molecule has 0 unspecified atom stereocenters. The summed E-state index contributed by atoms with van der Waals surface area (Å²) in [7, 11) is 0. The molecule has 1 aliphatic rings. The molecule has 2 aromatic rings. The van der Waals surface area contributed by atoms with Gasteiger partial charge in [0.15, 0.2) is 12.4 Å². The monoisotopic (exact) mass is 309 g/mol. The highest BCUT2D eigenvalue weighted by molar-refractivity contribution is 5.99. The summed E-state index contributed by atoms with van der Waals surface area (Å²) >= 11 is 0. The van der Waals surface area contributed by atoms with E-state index in [-0.39, 0.29) is 18.3 Å². The third kappa shape index (κ3) is 3.26. The van der Waals surface area contributed by atoms with Gasteiger partial charge in [-0.25, -0.2) is 0 Å². The van der Waals surface area contributed by atoms with E-state index in [0.29, 0.717) is 17.9 Å². The number of amides is 1. The van der Waals surface area contributed by atoms with Gasteiger partial charge in [-0.2, -0.15) is 0 Å². The second kappa shape index (κ2) is 6.24. The average molecular weight is 309 g/mol. The summed E-state index contributed by atoms with van der Waals surface area (Å²) in [5.41, 5.74) is 3.71. The lowest BCUT2D eigenvalue weighted by atomic mass is 10.1. The van der Waals surface area contributed by atoms with Crippen molar-refractivity contribution >= 4 is 17.4 Å². The quantitative estimate of drug-likeness (QED) is 0.815. The van der Waals surface area contributed by atoms with Gasteiger partial charge in [-0.3, -0.25) is 9.59 Å². The number of hydrogen-bond donors (Lipinski definition) is 0. The summed E-state index contributed by atoms with van der Waals surface area (Å²) in [4.78, 5) is 25.6. The lowest BCUT2D eigenvalue weighted by Crippen LogP contribution is -2.33. The summed E-state index contributed by atoms with van der Waals surface area (Å²) in [6.07, 6.45) is 0.770. The van der Waals surface area contributed by atoms with E-state index in [4.69, 9.17) is 4.74 Å². The highest BCUT2D eigenvalue weighted by Gasteiger charge is 2.25. The number of aryl methyl sites for hydroxylation is 1. The zero-order chi connectivity index (χ0) is 16.4. The van der Waals surface area contributed by atoms with Crippen LogP contribution < -0.4 is 9.64 Å². The minimum atomic E-state index is -0.0687. The lowest BCUT2D eigenvalue weighted by Gasteiger charge is -2.18. The van der Waals surface area contributed by atoms with Crippen LogP contribution in [0.25, 0.3) is 0 Å². The van der Waals surface area contributed by atoms with E-state index >= 15 is 0 Å². The van der Waals surface area contributed by atoms with Crippen LogP contribution in [0.3, 0.4) is 0 Å². The van der Waals surface area contributed by atoms with Crippen LogP contribution >= 0.6 is 0 Å². The van der Waals surface area contributed by atoms with Gasteiger partial charge >= 0.3 is 0 Å². The number of fused-ring (bicyclic) bond motifs is 1. The van der Waals surface area contributed by atoms with E-state index in [1.165, 1.54) is 0 Å². The molecule has 0 bridgehead atoms. The van der Waals surface area contributed by atoms with Crippen molar-refractivity contribution in [2.45, 2.75) is 20.3 Å². The number of carbonyl (C=O) groups excluding carboxylic acids is 2. The molecule has 0 radical (unpaired) electrons. The van der Waals surface area contributed by atoms with Gasteiger partial charge in [0.05, 0.1) is 0 Å². The summed E-state index contributed by atoms with van der Waals surface area (Å²) in [6.45, 7) is 4.18. The zero-order valence-corrected chi connectivity index (χ0v) is 13.3. The van der Waals surface area contributed by atoms with Crippen LogP contribution in [0.1, 0.15) is 28.4 Å². The lowest BCUT2D eigenvalue weighted by molar-refractivity contribution is -0.120. The van der Waals surface area contributed by atoms with E-state index < -0.39 is 0 Å². The van der Waals surface area contributed by atoms with Gasteiger partial charge in [0.2, 0.25) is 0 Å². The Kier molecular flexibility index (Phi) is 4.15. The molecule has 1 amide bonds. The van der Waals surface area contributed by atoms with Gasteiger partial charge < -0.3 is 9.64 Å². The highest BCUT2D eigenvalue weighted by Crippen LogP contribution is 2.29.